The smallest absolute Gasteiger partial charge is 0.317 e. The number of nitrogens with zero attached hydrogens (tertiary/aromatic N) is 3. The maximum absolute atomic E-state index is 12.6. The Bertz CT molecular complexity index is 909. The molecule has 3 atom stereocenters. The number of piperidine rings is 1. The summed E-state index contributed by atoms with van der Waals surface area (Å²) in [4.78, 5) is 20.0. The second-order valence-electron chi connectivity index (χ2n) is 7.81. The number of likely N-dealkylation sites (N-methyl/N-ethyl adjacent to an activating group) is 1. The third-order valence-corrected chi connectivity index (χ3v) is 6.44. The molecule has 6 nitrogen and oxygen atoms in total. The largest absolute Gasteiger partial charge is 0.361 e. The number of H-pyrrole nitrogens is 1. The minimum Gasteiger partial charge on any atom is -0.361 e. The van der Waals surface area contributed by atoms with Gasteiger partial charge >= 0.3 is 6.03 Å². The molecule has 1 aliphatic carbocycles. The summed E-state index contributed by atoms with van der Waals surface area (Å²) in [7, 11) is 2.07. The van der Waals surface area contributed by atoms with Crippen LogP contribution in [0, 0.1) is 11.3 Å². The van der Waals surface area contributed by atoms with E-state index < -0.39 is 5.41 Å². The molecule has 1 fully saturated rings. The number of carbonyl (C=O) groups excluding carboxylic acids is 1. The van der Waals surface area contributed by atoms with Gasteiger partial charge in [-0.2, -0.15) is 5.26 Å². The van der Waals surface area contributed by atoms with Crippen LogP contribution in [-0.2, 0) is 11.8 Å². The Hall–Kier alpha value is -2.52. The molecule has 3 unspecified atom stereocenters. The molecule has 1 saturated heterocycles. The van der Waals surface area contributed by atoms with Gasteiger partial charge in [0.15, 0.2) is 0 Å². The molecule has 4 rings (SSSR count). The Morgan fingerprint density at radius 3 is 2.93 bits per heavy atom. The van der Waals surface area contributed by atoms with Crippen LogP contribution in [0.2, 0.25) is 0 Å². The SMILES string of the molecule is CCN(CC)C(=O)NC1CN(C)C2Cc3c[nH]c4cccc(c34)C2(C#N)C1. The van der Waals surface area contributed by atoms with Crippen LogP contribution in [0.25, 0.3) is 10.9 Å². The molecule has 0 spiro atoms. The number of urea groups is 1. The van der Waals surface area contributed by atoms with Crippen molar-refractivity contribution in [1.29, 1.82) is 5.26 Å². The van der Waals surface area contributed by atoms with Crippen LogP contribution in [0.3, 0.4) is 0 Å². The summed E-state index contributed by atoms with van der Waals surface area (Å²) in [5.41, 5.74) is 2.87. The number of aromatic amines is 1. The van der Waals surface area contributed by atoms with Gasteiger partial charge < -0.3 is 15.2 Å². The summed E-state index contributed by atoms with van der Waals surface area (Å²) < 4.78 is 0. The highest BCUT2D eigenvalue weighted by molar-refractivity contribution is 5.89. The van der Waals surface area contributed by atoms with Crippen LogP contribution in [0.5, 0.6) is 0 Å². The Balaban J connectivity index is 1.72. The molecule has 0 saturated carbocycles. The minimum atomic E-state index is -0.608. The maximum Gasteiger partial charge on any atom is 0.317 e. The molecule has 2 heterocycles. The van der Waals surface area contributed by atoms with Crippen LogP contribution < -0.4 is 5.32 Å². The van der Waals surface area contributed by atoms with E-state index in [2.05, 4.69) is 46.6 Å². The second-order valence-corrected chi connectivity index (χ2v) is 7.81. The van der Waals surface area contributed by atoms with Gasteiger partial charge in [0.05, 0.1) is 6.07 Å². The van der Waals surface area contributed by atoms with E-state index in [9.17, 15) is 10.1 Å². The summed E-state index contributed by atoms with van der Waals surface area (Å²) in [6.07, 6.45) is 3.59. The standard InChI is InChI=1S/C21H27N5O/c1-4-26(5-2)20(27)24-15-10-21(13-22)16-7-6-8-17-19(16)14(11-23-17)9-18(21)25(3)12-15/h6-8,11,15,18,23H,4-5,9-10,12H2,1-3H3,(H,24,27). The average molecular weight is 365 g/mol. The van der Waals surface area contributed by atoms with E-state index in [1.54, 1.807) is 4.90 Å². The molecule has 27 heavy (non-hydrogen) atoms. The van der Waals surface area contributed by atoms with E-state index in [4.69, 9.17) is 0 Å². The van der Waals surface area contributed by atoms with E-state index in [1.807, 2.05) is 19.9 Å². The number of nitriles is 1. The molecule has 0 bridgehead atoms. The Morgan fingerprint density at radius 2 is 2.22 bits per heavy atom. The lowest BCUT2D eigenvalue weighted by molar-refractivity contribution is 0.0927. The first-order valence-corrected chi connectivity index (χ1v) is 9.80. The average Bonchev–Trinajstić information content (AvgIpc) is 3.08. The highest BCUT2D eigenvalue weighted by Gasteiger charge is 2.52. The third-order valence-electron chi connectivity index (χ3n) is 6.44. The topological polar surface area (TPSA) is 75.2 Å². The first kappa shape index (κ1) is 17.9. The van der Waals surface area contributed by atoms with Crippen molar-refractivity contribution in [2.45, 2.75) is 44.2 Å². The quantitative estimate of drug-likeness (QED) is 0.878. The molecule has 1 aromatic heterocycles. The van der Waals surface area contributed by atoms with Crippen LogP contribution in [0.4, 0.5) is 4.79 Å². The number of hydrogen-bond donors (Lipinski definition) is 2. The number of hydrogen-bond acceptors (Lipinski definition) is 3. The molecule has 2 N–H and O–H groups in total. The van der Waals surface area contributed by atoms with Gasteiger partial charge in [-0.15, -0.1) is 0 Å². The lowest BCUT2D eigenvalue weighted by Gasteiger charge is -2.50. The van der Waals surface area contributed by atoms with Gasteiger partial charge in [0.1, 0.15) is 5.41 Å². The van der Waals surface area contributed by atoms with Gasteiger partial charge in [-0.3, -0.25) is 4.90 Å². The van der Waals surface area contributed by atoms with Gasteiger partial charge in [0, 0.05) is 48.8 Å². The second kappa shape index (κ2) is 6.58. The normalized spacial score (nSPS) is 27.0. The summed E-state index contributed by atoms with van der Waals surface area (Å²) in [5.74, 6) is 0. The predicted octanol–water partition coefficient (Wildman–Crippen LogP) is 2.61. The summed E-state index contributed by atoms with van der Waals surface area (Å²) in [6, 6.07) is 8.91. The van der Waals surface area contributed by atoms with Crippen molar-refractivity contribution >= 4 is 16.9 Å². The summed E-state index contributed by atoms with van der Waals surface area (Å²) in [6.45, 7) is 6.10. The van der Waals surface area contributed by atoms with Crippen molar-refractivity contribution in [1.82, 2.24) is 20.1 Å². The van der Waals surface area contributed by atoms with Crippen molar-refractivity contribution < 1.29 is 4.79 Å². The molecule has 6 heteroatoms. The van der Waals surface area contributed by atoms with Crippen molar-refractivity contribution in [3.63, 3.8) is 0 Å². The van der Waals surface area contributed by atoms with Crippen molar-refractivity contribution in [2.24, 2.45) is 0 Å². The van der Waals surface area contributed by atoms with E-state index in [1.165, 1.54) is 10.9 Å². The lowest BCUT2D eigenvalue weighted by Crippen LogP contribution is -2.63. The fourth-order valence-corrected chi connectivity index (χ4v) is 5.11. The fraction of sp³-hybridized carbons (Fsp3) is 0.524. The van der Waals surface area contributed by atoms with Gasteiger partial charge in [0.25, 0.3) is 0 Å². The van der Waals surface area contributed by atoms with Gasteiger partial charge in [-0.05, 0) is 50.9 Å². The number of nitrogens with one attached hydrogen (secondary N) is 2. The molecular weight excluding hydrogens is 338 g/mol. The first-order valence-electron chi connectivity index (χ1n) is 9.80. The fourth-order valence-electron chi connectivity index (χ4n) is 5.11. The monoisotopic (exact) mass is 365 g/mol. The highest BCUT2D eigenvalue weighted by atomic mass is 16.2. The number of amides is 2. The number of aromatic nitrogens is 1. The Labute approximate surface area is 160 Å². The number of rotatable bonds is 3. The number of benzene rings is 1. The number of carbonyl (C=O) groups is 1. The molecule has 2 aromatic rings. The van der Waals surface area contributed by atoms with Crippen LogP contribution in [0.1, 0.15) is 31.4 Å². The molecule has 1 aromatic carbocycles. The lowest BCUT2D eigenvalue weighted by atomic mass is 9.63. The first-order chi connectivity index (χ1) is 13.0. The molecular formula is C21H27N5O. The zero-order valence-corrected chi connectivity index (χ0v) is 16.2. The van der Waals surface area contributed by atoms with Crippen molar-refractivity contribution in [3.05, 3.63) is 35.5 Å². The Morgan fingerprint density at radius 1 is 1.44 bits per heavy atom. The van der Waals surface area contributed by atoms with Gasteiger partial charge in [-0.25, -0.2) is 4.79 Å². The van der Waals surface area contributed by atoms with Crippen molar-refractivity contribution in [3.8, 4) is 6.07 Å². The van der Waals surface area contributed by atoms with E-state index >= 15 is 0 Å². The molecule has 0 radical (unpaired) electrons. The zero-order valence-electron chi connectivity index (χ0n) is 16.2. The molecule has 2 amide bonds. The number of likely N-dealkylation sites (tertiary alicyclic amines) is 1. The van der Waals surface area contributed by atoms with Crippen LogP contribution in [0.15, 0.2) is 24.4 Å². The molecule has 2 aliphatic rings. The molecule has 142 valence electrons. The van der Waals surface area contributed by atoms with E-state index in [-0.39, 0.29) is 18.1 Å². The number of fused-ring (bicyclic) bond motifs is 2. The maximum atomic E-state index is 12.6. The van der Waals surface area contributed by atoms with Gasteiger partial charge in [0.2, 0.25) is 0 Å². The summed E-state index contributed by atoms with van der Waals surface area (Å²) >= 11 is 0. The van der Waals surface area contributed by atoms with Crippen molar-refractivity contribution in [2.75, 3.05) is 26.7 Å². The third kappa shape index (κ3) is 2.61. The van der Waals surface area contributed by atoms with E-state index in [0.717, 1.165) is 24.0 Å². The zero-order chi connectivity index (χ0) is 19.2. The predicted molar refractivity (Wildman–Crippen MR) is 106 cm³/mol. The Kier molecular flexibility index (Phi) is 4.35. The highest BCUT2D eigenvalue weighted by Crippen LogP contribution is 2.47. The van der Waals surface area contributed by atoms with Crippen LogP contribution in [-0.4, -0.2) is 59.6 Å². The minimum absolute atomic E-state index is 0.0405. The van der Waals surface area contributed by atoms with E-state index in [0.29, 0.717) is 19.5 Å². The summed E-state index contributed by atoms with van der Waals surface area (Å²) in [5, 5.41) is 14.7. The van der Waals surface area contributed by atoms with Crippen LogP contribution >= 0.6 is 0 Å². The van der Waals surface area contributed by atoms with Gasteiger partial charge in [-0.1, -0.05) is 12.1 Å². The molecule has 1 aliphatic heterocycles.